The Hall–Kier alpha value is -1.54. The van der Waals surface area contributed by atoms with Gasteiger partial charge in [-0.3, -0.25) is 4.79 Å². The van der Waals surface area contributed by atoms with E-state index in [1.165, 1.54) is 0 Å². The molecule has 0 atom stereocenters. The number of rotatable bonds is 3. The first-order chi connectivity index (χ1) is 7.58. The number of amides is 1. The van der Waals surface area contributed by atoms with Gasteiger partial charge in [-0.25, -0.2) is 0 Å². The number of hydrogen-bond acceptors (Lipinski definition) is 3. The van der Waals surface area contributed by atoms with Gasteiger partial charge >= 0.3 is 0 Å². The van der Waals surface area contributed by atoms with Crippen LogP contribution in [0.15, 0.2) is 22.7 Å². The number of nitrogens with one attached hydrogen (secondary N) is 1. The fourth-order valence-corrected chi connectivity index (χ4v) is 1.64. The third-order valence-electron chi connectivity index (χ3n) is 2.15. The molecule has 1 aromatic rings. The van der Waals surface area contributed by atoms with Crippen molar-refractivity contribution in [3.8, 4) is 6.07 Å². The topological polar surface area (TPSA) is 56.1 Å². The molecule has 1 amide bonds. The van der Waals surface area contributed by atoms with E-state index < -0.39 is 0 Å². The number of anilines is 1. The zero-order chi connectivity index (χ0) is 12.1. The maximum absolute atomic E-state index is 11.2. The zero-order valence-corrected chi connectivity index (χ0v) is 10.7. The normalized spacial score (nSPS) is 9.38. The summed E-state index contributed by atoms with van der Waals surface area (Å²) in [7, 11) is 3.36. The number of nitriles is 1. The average molecular weight is 282 g/mol. The molecule has 0 unspecified atom stereocenters. The van der Waals surface area contributed by atoms with Gasteiger partial charge in [0.05, 0.1) is 17.8 Å². The molecule has 0 heterocycles. The Balaban J connectivity index is 2.98. The van der Waals surface area contributed by atoms with Crippen LogP contribution in [0.4, 0.5) is 5.69 Å². The molecular weight excluding hydrogens is 270 g/mol. The van der Waals surface area contributed by atoms with Crippen LogP contribution >= 0.6 is 15.9 Å². The van der Waals surface area contributed by atoms with Crippen LogP contribution in [-0.2, 0) is 4.79 Å². The second kappa shape index (κ2) is 5.52. The number of benzene rings is 1. The number of likely N-dealkylation sites (N-methyl/N-ethyl adjacent to an activating group) is 2. The van der Waals surface area contributed by atoms with Crippen molar-refractivity contribution < 1.29 is 4.79 Å². The predicted molar refractivity (Wildman–Crippen MR) is 66.2 cm³/mol. The van der Waals surface area contributed by atoms with Crippen molar-refractivity contribution in [2.75, 3.05) is 25.5 Å². The van der Waals surface area contributed by atoms with Crippen LogP contribution in [0.3, 0.4) is 0 Å². The lowest BCUT2D eigenvalue weighted by Gasteiger charge is -2.19. The van der Waals surface area contributed by atoms with Gasteiger partial charge < -0.3 is 10.2 Å². The number of carbonyl (C=O) groups is 1. The van der Waals surface area contributed by atoms with E-state index in [1.54, 1.807) is 31.1 Å². The van der Waals surface area contributed by atoms with Crippen molar-refractivity contribution in [2.24, 2.45) is 0 Å². The quantitative estimate of drug-likeness (QED) is 0.914. The van der Waals surface area contributed by atoms with E-state index in [-0.39, 0.29) is 12.5 Å². The minimum absolute atomic E-state index is 0.0913. The average Bonchev–Trinajstić information content (AvgIpc) is 2.28. The Morgan fingerprint density at radius 3 is 2.88 bits per heavy atom. The first-order valence-corrected chi connectivity index (χ1v) is 5.49. The maximum Gasteiger partial charge on any atom is 0.239 e. The highest BCUT2D eigenvalue weighted by Crippen LogP contribution is 2.23. The Morgan fingerprint density at radius 1 is 1.62 bits per heavy atom. The summed E-state index contributed by atoms with van der Waals surface area (Å²) in [4.78, 5) is 13.0. The lowest BCUT2D eigenvalue weighted by molar-refractivity contribution is -0.119. The summed E-state index contributed by atoms with van der Waals surface area (Å²) in [6.07, 6.45) is 0. The molecular formula is C11H12BrN3O. The van der Waals surface area contributed by atoms with Gasteiger partial charge in [-0.1, -0.05) is 15.9 Å². The van der Waals surface area contributed by atoms with Crippen molar-refractivity contribution >= 4 is 27.5 Å². The molecule has 84 valence electrons. The highest BCUT2D eigenvalue weighted by molar-refractivity contribution is 9.10. The molecule has 5 heteroatoms. The summed E-state index contributed by atoms with van der Waals surface area (Å²) in [5, 5.41) is 11.5. The molecule has 0 radical (unpaired) electrons. The van der Waals surface area contributed by atoms with Gasteiger partial charge in [-0.15, -0.1) is 0 Å². The third kappa shape index (κ3) is 2.97. The Bertz CT molecular complexity index is 439. The third-order valence-corrected chi connectivity index (χ3v) is 2.64. The second-order valence-electron chi connectivity index (χ2n) is 3.30. The Morgan fingerprint density at radius 2 is 2.31 bits per heavy atom. The van der Waals surface area contributed by atoms with E-state index in [2.05, 4.69) is 27.3 Å². The van der Waals surface area contributed by atoms with E-state index in [0.29, 0.717) is 5.56 Å². The number of hydrogen-bond donors (Lipinski definition) is 1. The van der Waals surface area contributed by atoms with Gasteiger partial charge in [-0.05, 0) is 18.2 Å². The van der Waals surface area contributed by atoms with Crippen LogP contribution in [-0.4, -0.2) is 26.5 Å². The summed E-state index contributed by atoms with van der Waals surface area (Å²) in [5.74, 6) is -0.0913. The standard InChI is InChI=1S/C11H12BrN3O/c1-14-11(16)7-15(2)10-5-9(12)4-3-8(10)6-13/h3-5H,7H2,1-2H3,(H,14,16). The van der Waals surface area contributed by atoms with Crippen LogP contribution in [0, 0.1) is 11.3 Å². The molecule has 0 fully saturated rings. The summed E-state index contributed by atoms with van der Waals surface area (Å²) in [6.45, 7) is 0.224. The fourth-order valence-electron chi connectivity index (χ4n) is 1.29. The van der Waals surface area contributed by atoms with Crippen molar-refractivity contribution in [3.63, 3.8) is 0 Å². The van der Waals surface area contributed by atoms with Gasteiger partial charge in [0.2, 0.25) is 5.91 Å². The Labute approximate surface area is 103 Å². The van der Waals surface area contributed by atoms with Gasteiger partial charge in [-0.2, -0.15) is 5.26 Å². The van der Waals surface area contributed by atoms with Crippen molar-refractivity contribution in [1.29, 1.82) is 5.26 Å². The van der Waals surface area contributed by atoms with Gasteiger partial charge in [0.15, 0.2) is 0 Å². The first kappa shape index (κ1) is 12.5. The molecule has 0 saturated carbocycles. The van der Waals surface area contributed by atoms with Gasteiger partial charge in [0.1, 0.15) is 6.07 Å². The summed E-state index contributed by atoms with van der Waals surface area (Å²) < 4.78 is 0.880. The molecule has 0 spiro atoms. The minimum Gasteiger partial charge on any atom is -0.364 e. The fraction of sp³-hybridized carbons (Fsp3) is 0.273. The van der Waals surface area contributed by atoms with E-state index in [1.807, 2.05) is 6.07 Å². The highest BCUT2D eigenvalue weighted by atomic mass is 79.9. The van der Waals surface area contributed by atoms with E-state index in [0.717, 1.165) is 10.2 Å². The van der Waals surface area contributed by atoms with Crippen molar-refractivity contribution in [3.05, 3.63) is 28.2 Å². The summed E-state index contributed by atoms with van der Waals surface area (Å²) in [5.41, 5.74) is 1.29. The number of carbonyl (C=O) groups excluding carboxylic acids is 1. The van der Waals surface area contributed by atoms with Crippen LogP contribution in [0.2, 0.25) is 0 Å². The van der Waals surface area contributed by atoms with Crippen molar-refractivity contribution in [2.45, 2.75) is 0 Å². The van der Waals surface area contributed by atoms with Crippen LogP contribution in [0.1, 0.15) is 5.56 Å². The lowest BCUT2D eigenvalue weighted by atomic mass is 10.2. The molecule has 16 heavy (non-hydrogen) atoms. The smallest absolute Gasteiger partial charge is 0.239 e. The molecule has 0 aliphatic rings. The number of halogens is 1. The van der Waals surface area contributed by atoms with Crippen LogP contribution in [0.25, 0.3) is 0 Å². The van der Waals surface area contributed by atoms with Crippen LogP contribution in [0.5, 0.6) is 0 Å². The van der Waals surface area contributed by atoms with Crippen molar-refractivity contribution in [1.82, 2.24) is 5.32 Å². The maximum atomic E-state index is 11.2. The molecule has 4 nitrogen and oxygen atoms in total. The predicted octanol–water partition coefficient (Wildman–Crippen LogP) is 1.50. The number of nitrogens with zero attached hydrogens (tertiary/aromatic N) is 2. The summed E-state index contributed by atoms with van der Waals surface area (Å²) >= 11 is 3.34. The summed E-state index contributed by atoms with van der Waals surface area (Å²) in [6, 6.07) is 7.45. The van der Waals surface area contributed by atoms with Gasteiger partial charge in [0.25, 0.3) is 0 Å². The highest BCUT2D eigenvalue weighted by Gasteiger charge is 2.10. The Kier molecular flexibility index (Phi) is 4.32. The lowest BCUT2D eigenvalue weighted by Crippen LogP contribution is -2.33. The molecule has 1 rings (SSSR count). The van der Waals surface area contributed by atoms with Gasteiger partial charge in [0, 0.05) is 18.6 Å². The zero-order valence-electron chi connectivity index (χ0n) is 9.12. The van der Waals surface area contributed by atoms with E-state index in [4.69, 9.17) is 5.26 Å². The first-order valence-electron chi connectivity index (χ1n) is 4.70. The van der Waals surface area contributed by atoms with E-state index in [9.17, 15) is 4.79 Å². The molecule has 0 aliphatic carbocycles. The molecule has 1 aromatic carbocycles. The molecule has 0 aliphatic heterocycles. The monoisotopic (exact) mass is 281 g/mol. The molecule has 0 saturated heterocycles. The SMILES string of the molecule is CNC(=O)CN(C)c1cc(Br)ccc1C#N. The minimum atomic E-state index is -0.0913. The second-order valence-corrected chi connectivity index (χ2v) is 4.22. The van der Waals surface area contributed by atoms with E-state index >= 15 is 0 Å². The molecule has 1 N–H and O–H groups in total. The largest absolute Gasteiger partial charge is 0.364 e. The van der Waals surface area contributed by atoms with Crippen LogP contribution < -0.4 is 10.2 Å². The molecule has 0 aromatic heterocycles. The molecule has 0 bridgehead atoms.